The lowest BCUT2D eigenvalue weighted by molar-refractivity contribution is -0.150. The van der Waals surface area contributed by atoms with Gasteiger partial charge in [0.05, 0.1) is 11.6 Å². The summed E-state index contributed by atoms with van der Waals surface area (Å²) in [5.41, 5.74) is 4.39. The Morgan fingerprint density at radius 1 is 1.31 bits per heavy atom. The molecule has 0 unspecified atom stereocenters. The van der Waals surface area contributed by atoms with Crippen LogP contribution in [0.25, 0.3) is 0 Å². The lowest BCUT2D eigenvalue weighted by Crippen LogP contribution is -2.57. The molecule has 0 bridgehead atoms. The van der Waals surface area contributed by atoms with Gasteiger partial charge >= 0.3 is 0 Å². The quantitative estimate of drug-likeness (QED) is 0.787. The molecule has 138 valence electrons. The van der Waals surface area contributed by atoms with Crippen molar-refractivity contribution in [2.24, 2.45) is 5.92 Å². The van der Waals surface area contributed by atoms with Gasteiger partial charge in [0, 0.05) is 61.6 Å². The molecule has 2 aromatic rings. The largest absolute Gasteiger partial charge is 0.486 e. The molecule has 0 saturated carbocycles. The fraction of sp³-hybridized carbons (Fsp3) is 0.571. The molecule has 2 saturated heterocycles. The van der Waals surface area contributed by atoms with Crippen molar-refractivity contribution in [3.05, 3.63) is 45.9 Å². The Bertz CT molecular complexity index is 768. The maximum atomic E-state index is 6.78. The van der Waals surface area contributed by atoms with Crippen molar-refractivity contribution in [2.75, 3.05) is 19.7 Å². The summed E-state index contributed by atoms with van der Waals surface area (Å²) in [5.74, 6) is 1.54. The highest BCUT2D eigenvalue weighted by Crippen LogP contribution is 2.53. The number of nitrogens with zero attached hydrogens (tertiary/aromatic N) is 2. The van der Waals surface area contributed by atoms with Gasteiger partial charge in [-0.2, -0.15) is 0 Å². The first kappa shape index (κ1) is 16.7. The van der Waals surface area contributed by atoms with E-state index < -0.39 is 0 Å². The number of ether oxygens (including phenoxy) is 2. The summed E-state index contributed by atoms with van der Waals surface area (Å²) >= 11 is 1.75. The first-order valence-electron chi connectivity index (χ1n) is 9.74. The molecule has 0 amide bonds. The fourth-order valence-electron chi connectivity index (χ4n) is 4.99. The molecule has 2 atom stereocenters. The number of aromatic nitrogens is 1. The maximum Gasteiger partial charge on any atom is 0.126 e. The molecule has 0 aliphatic carbocycles. The van der Waals surface area contributed by atoms with Crippen molar-refractivity contribution in [2.45, 2.75) is 50.9 Å². The minimum absolute atomic E-state index is 0.0594. The zero-order chi connectivity index (χ0) is 17.6. The van der Waals surface area contributed by atoms with Crippen LogP contribution in [0.4, 0.5) is 0 Å². The van der Waals surface area contributed by atoms with Gasteiger partial charge in [-0.3, -0.25) is 9.88 Å². The third-order valence-corrected chi connectivity index (χ3v) is 7.12. The van der Waals surface area contributed by atoms with E-state index in [0.717, 1.165) is 51.3 Å². The van der Waals surface area contributed by atoms with Crippen molar-refractivity contribution < 1.29 is 9.47 Å². The van der Waals surface area contributed by atoms with E-state index in [4.69, 9.17) is 9.47 Å². The Balaban J connectivity index is 1.39. The smallest absolute Gasteiger partial charge is 0.126 e. The average molecular weight is 371 g/mol. The first-order valence-corrected chi connectivity index (χ1v) is 10.6. The summed E-state index contributed by atoms with van der Waals surface area (Å²) in [4.78, 5) is 8.11. The van der Waals surface area contributed by atoms with Crippen LogP contribution >= 0.6 is 11.3 Å². The number of rotatable bonds is 2. The highest BCUT2D eigenvalue weighted by molar-refractivity contribution is 7.09. The van der Waals surface area contributed by atoms with Crippen molar-refractivity contribution in [1.29, 1.82) is 0 Å². The van der Waals surface area contributed by atoms with Crippen LogP contribution in [-0.4, -0.2) is 35.2 Å². The normalized spacial score (nSPS) is 27.6. The zero-order valence-electron chi connectivity index (χ0n) is 15.3. The molecule has 1 aromatic heterocycles. The van der Waals surface area contributed by atoms with E-state index >= 15 is 0 Å². The van der Waals surface area contributed by atoms with Crippen LogP contribution < -0.4 is 4.74 Å². The number of aryl methyl sites for hydroxylation is 1. The predicted molar refractivity (Wildman–Crippen MR) is 103 cm³/mol. The Morgan fingerprint density at radius 3 is 3.00 bits per heavy atom. The molecule has 3 aliphatic rings. The van der Waals surface area contributed by atoms with E-state index in [-0.39, 0.29) is 11.7 Å². The van der Waals surface area contributed by atoms with E-state index in [1.165, 1.54) is 22.4 Å². The maximum absolute atomic E-state index is 6.78. The first-order chi connectivity index (χ1) is 12.7. The number of benzene rings is 1. The van der Waals surface area contributed by atoms with Gasteiger partial charge in [0.25, 0.3) is 0 Å². The Kier molecular flexibility index (Phi) is 4.26. The summed E-state index contributed by atoms with van der Waals surface area (Å²) in [6, 6.07) is 6.61. The van der Waals surface area contributed by atoms with Gasteiger partial charge in [0.1, 0.15) is 11.4 Å². The van der Waals surface area contributed by atoms with E-state index in [0.29, 0.717) is 5.92 Å². The highest BCUT2D eigenvalue weighted by atomic mass is 32.1. The van der Waals surface area contributed by atoms with Crippen LogP contribution in [0.1, 0.15) is 47.8 Å². The van der Waals surface area contributed by atoms with Gasteiger partial charge in [-0.05, 0) is 31.4 Å². The van der Waals surface area contributed by atoms with E-state index in [9.17, 15) is 0 Å². The Labute approximate surface area is 159 Å². The lowest BCUT2D eigenvalue weighted by Gasteiger charge is -2.53. The molecular weight excluding hydrogens is 344 g/mol. The minimum atomic E-state index is -0.0594. The molecule has 0 N–H and O–H groups in total. The molecule has 26 heavy (non-hydrogen) atoms. The highest BCUT2D eigenvalue weighted by Gasteiger charge is 2.52. The lowest BCUT2D eigenvalue weighted by atomic mass is 9.70. The number of thiazole rings is 1. The summed E-state index contributed by atoms with van der Waals surface area (Å²) in [6.45, 7) is 6.20. The van der Waals surface area contributed by atoms with Gasteiger partial charge in [-0.15, -0.1) is 11.3 Å². The molecule has 0 radical (unpaired) electrons. The molecule has 4 heterocycles. The fourth-order valence-corrected chi connectivity index (χ4v) is 5.63. The van der Waals surface area contributed by atoms with Crippen LogP contribution in [0.3, 0.4) is 0 Å². The van der Waals surface area contributed by atoms with Crippen LogP contribution in [0.15, 0.2) is 29.9 Å². The summed E-state index contributed by atoms with van der Waals surface area (Å²) in [6.07, 6.45) is 6.75. The topological polar surface area (TPSA) is 34.6 Å². The molecule has 3 aliphatic heterocycles. The van der Waals surface area contributed by atoms with Gasteiger partial charge in [-0.1, -0.05) is 12.1 Å². The second-order valence-electron chi connectivity index (χ2n) is 7.99. The van der Waals surface area contributed by atoms with Crippen molar-refractivity contribution in [3.8, 4) is 5.75 Å². The third-order valence-electron chi connectivity index (χ3n) is 6.35. The molecule has 1 spiro atoms. The predicted octanol–water partition coefficient (Wildman–Crippen LogP) is 4.35. The summed E-state index contributed by atoms with van der Waals surface area (Å²) in [7, 11) is 0. The van der Waals surface area contributed by atoms with E-state index in [1.54, 1.807) is 11.3 Å². The zero-order valence-corrected chi connectivity index (χ0v) is 16.1. The van der Waals surface area contributed by atoms with E-state index in [2.05, 4.69) is 35.0 Å². The SMILES string of the molecule is Cc1ccc2c(c1)OC1(CCN(Cc3cncs3)CC1)[C@H]1CCCO[C@H]21. The number of likely N-dealkylation sites (tertiary alicyclic amines) is 1. The Hall–Kier alpha value is -1.43. The van der Waals surface area contributed by atoms with Crippen LogP contribution in [0.5, 0.6) is 5.75 Å². The van der Waals surface area contributed by atoms with Crippen molar-refractivity contribution in [3.63, 3.8) is 0 Å². The monoisotopic (exact) mass is 370 g/mol. The van der Waals surface area contributed by atoms with Crippen molar-refractivity contribution >= 4 is 11.3 Å². The standard InChI is InChI=1S/C21H26N2O2S/c1-15-4-5-17-19(11-15)25-21(18-3-2-10-24-20(17)18)6-8-23(9-7-21)13-16-12-22-14-26-16/h4-5,11-12,14,18,20H,2-3,6-10,13H2,1H3/t18-,20+/m0/s1. The van der Waals surface area contributed by atoms with Gasteiger partial charge in [0.15, 0.2) is 0 Å². The summed E-state index contributed by atoms with van der Waals surface area (Å²) < 4.78 is 13.1. The molecule has 2 fully saturated rings. The van der Waals surface area contributed by atoms with Gasteiger partial charge in [-0.25, -0.2) is 0 Å². The molecule has 5 heteroatoms. The minimum Gasteiger partial charge on any atom is -0.486 e. The molecule has 5 rings (SSSR count). The van der Waals surface area contributed by atoms with Crippen LogP contribution in [0, 0.1) is 12.8 Å². The van der Waals surface area contributed by atoms with Gasteiger partial charge in [0.2, 0.25) is 0 Å². The number of hydrogen-bond acceptors (Lipinski definition) is 5. The second kappa shape index (κ2) is 6.63. The van der Waals surface area contributed by atoms with E-state index in [1.807, 2.05) is 11.7 Å². The van der Waals surface area contributed by atoms with Crippen molar-refractivity contribution in [1.82, 2.24) is 9.88 Å². The van der Waals surface area contributed by atoms with Gasteiger partial charge < -0.3 is 9.47 Å². The number of fused-ring (bicyclic) bond motifs is 4. The molecule has 4 nitrogen and oxygen atoms in total. The third kappa shape index (κ3) is 2.86. The summed E-state index contributed by atoms with van der Waals surface area (Å²) in [5, 5.41) is 0. The second-order valence-corrected chi connectivity index (χ2v) is 8.96. The molecule has 1 aromatic carbocycles. The average Bonchev–Trinajstić information content (AvgIpc) is 3.17. The Morgan fingerprint density at radius 2 is 2.19 bits per heavy atom. The number of piperidine rings is 1. The van der Waals surface area contributed by atoms with Crippen LogP contribution in [-0.2, 0) is 11.3 Å². The number of hydrogen-bond donors (Lipinski definition) is 0. The molecular formula is C21H26N2O2S. The van der Waals surface area contributed by atoms with Crippen LogP contribution in [0.2, 0.25) is 0 Å².